The van der Waals surface area contributed by atoms with E-state index >= 15 is 0 Å². The maximum atomic E-state index is 13.0. The Balaban J connectivity index is 0.00000272. The number of nitrogens with zero attached hydrogens (tertiary/aromatic N) is 3. The fraction of sp³-hybridized carbons (Fsp3) is 0.440. The summed E-state index contributed by atoms with van der Waals surface area (Å²) in [7, 11) is 4.03. The lowest BCUT2D eigenvalue weighted by Gasteiger charge is -2.29. The Morgan fingerprint density at radius 3 is 2.39 bits per heavy atom. The molecule has 1 heterocycles. The number of halogens is 1. The topological polar surface area (TPSA) is 53.1 Å². The van der Waals surface area contributed by atoms with Crippen LogP contribution in [0.25, 0.3) is 10.9 Å². The predicted octanol–water partition coefficient (Wildman–Crippen LogP) is 5.23. The molecule has 3 aromatic rings. The molecule has 0 amide bonds. The van der Waals surface area contributed by atoms with Crippen molar-refractivity contribution in [2.75, 3.05) is 30.9 Å². The van der Waals surface area contributed by atoms with Gasteiger partial charge in [-0.25, -0.2) is 9.37 Å². The zero-order valence-electron chi connectivity index (χ0n) is 17.7. The minimum absolute atomic E-state index is 0. The molecule has 0 unspecified atom stereocenters. The van der Waals surface area contributed by atoms with Crippen LogP contribution in [0, 0.1) is 11.7 Å². The summed E-state index contributed by atoms with van der Waals surface area (Å²) in [5.74, 6) is 2.16. The third-order valence-corrected chi connectivity index (χ3v) is 5.86. The molecule has 1 aliphatic carbocycles. The summed E-state index contributed by atoms with van der Waals surface area (Å²) >= 11 is 0. The molecular weight excluding hydrogens is 389 g/mol. The van der Waals surface area contributed by atoms with Gasteiger partial charge in [-0.05, 0) is 68.0 Å². The molecule has 1 saturated carbocycles. The monoisotopic (exact) mass is 423 g/mol. The van der Waals surface area contributed by atoms with Gasteiger partial charge >= 0.3 is 0 Å². The van der Waals surface area contributed by atoms with E-state index in [1.54, 1.807) is 0 Å². The first-order chi connectivity index (χ1) is 14.6. The van der Waals surface area contributed by atoms with E-state index in [-0.39, 0.29) is 13.2 Å². The van der Waals surface area contributed by atoms with Crippen molar-refractivity contribution < 1.29 is 4.39 Å². The van der Waals surface area contributed by atoms with E-state index in [1.165, 1.54) is 25.0 Å². The molecular formula is C25H34FN5. The van der Waals surface area contributed by atoms with Crippen LogP contribution in [0.3, 0.4) is 0 Å². The molecule has 1 fully saturated rings. The Hall–Kier alpha value is -2.73. The summed E-state index contributed by atoms with van der Waals surface area (Å²) in [5, 5.41) is 8.17. The molecule has 0 radical (unpaired) electrons. The van der Waals surface area contributed by atoms with Crippen LogP contribution >= 0.6 is 0 Å². The lowest BCUT2D eigenvalue weighted by atomic mass is 9.86. The molecule has 0 atom stereocenters. The lowest BCUT2D eigenvalue weighted by Crippen LogP contribution is -2.31. The molecule has 1 aromatic heterocycles. The molecule has 31 heavy (non-hydrogen) atoms. The molecule has 5 nitrogen and oxygen atoms in total. The molecule has 0 aliphatic heterocycles. The minimum Gasteiger partial charge on any atom is -0.362 e. The standard InChI is InChI=1S/C24H30FN5.CH4/c1-30(2)23-21-5-3-4-6-22(21)28-24(29-23)27-20-13-9-18(10-14-20)16-26-15-17-7-11-19(25)12-8-17;/h3-8,11-12,18,20,26H,9-10,13-16H2,1-2H3,(H,27,28,29);1H4. The quantitative estimate of drug-likeness (QED) is 0.545. The summed E-state index contributed by atoms with van der Waals surface area (Å²) in [6.07, 6.45) is 4.61. The number of fused-ring (bicyclic) bond motifs is 1. The number of anilines is 2. The fourth-order valence-corrected chi connectivity index (χ4v) is 4.18. The Kier molecular flexibility index (Phi) is 7.80. The van der Waals surface area contributed by atoms with Gasteiger partial charge in [0.1, 0.15) is 11.6 Å². The molecule has 2 N–H and O–H groups in total. The van der Waals surface area contributed by atoms with Crippen LogP contribution < -0.4 is 15.5 Å². The summed E-state index contributed by atoms with van der Waals surface area (Å²) in [4.78, 5) is 11.5. The van der Waals surface area contributed by atoms with Gasteiger partial charge < -0.3 is 15.5 Å². The van der Waals surface area contributed by atoms with E-state index in [4.69, 9.17) is 9.97 Å². The van der Waals surface area contributed by atoms with Crippen LogP contribution in [0.2, 0.25) is 0 Å². The highest BCUT2D eigenvalue weighted by Crippen LogP contribution is 2.28. The summed E-state index contributed by atoms with van der Waals surface area (Å²) < 4.78 is 13.0. The van der Waals surface area contributed by atoms with Crippen LogP contribution in [0.1, 0.15) is 38.7 Å². The minimum atomic E-state index is -0.183. The van der Waals surface area contributed by atoms with Crippen LogP contribution in [0.15, 0.2) is 48.5 Å². The average molecular weight is 424 g/mol. The first-order valence-electron chi connectivity index (χ1n) is 10.7. The van der Waals surface area contributed by atoms with E-state index in [0.29, 0.717) is 12.0 Å². The van der Waals surface area contributed by atoms with Gasteiger partial charge in [0.05, 0.1) is 5.52 Å². The highest BCUT2D eigenvalue weighted by Gasteiger charge is 2.22. The van der Waals surface area contributed by atoms with Gasteiger partial charge in [-0.2, -0.15) is 4.98 Å². The second kappa shape index (κ2) is 10.5. The highest BCUT2D eigenvalue weighted by molar-refractivity contribution is 5.90. The van der Waals surface area contributed by atoms with Gasteiger partial charge in [0.25, 0.3) is 0 Å². The molecule has 166 valence electrons. The largest absolute Gasteiger partial charge is 0.362 e. The predicted molar refractivity (Wildman–Crippen MR) is 128 cm³/mol. The normalized spacial score (nSPS) is 18.4. The smallest absolute Gasteiger partial charge is 0.225 e. The number of hydrogen-bond donors (Lipinski definition) is 2. The third-order valence-electron chi connectivity index (χ3n) is 5.86. The second-order valence-corrected chi connectivity index (χ2v) is 8.40. The Morgan fingerprint density at radius 1 is 0.968 bits per heavy atom. The SMILES string of the molecule is C.CN(C)c1nc(NC2CCC(CNCc3ccc(F)cc3)CC2)nc2ccccc12. The van der Waals surface area contributed by atoms with E-state index < -0.39 is 0 Å². The van der Waals surface area contributed by atoms with Crippen molar-refractivity contribution in [3.63, 3.8) is 0 Å². The van der Waals surface area contributed by atoms with Crippen LogP contribution in [0.4, 0.5) is 16.2 Å². The number of nitrogens with one attached hydrogen (secondary N) is 2. The van der Waals surface area contributed by atoms with Crippen molar-refractivity contribution in [2.45, 2.75) is 45.7 Å². The van der Waals surface area contributed by atoms with Crippen molar-refractivity contribution in [3.05, 3.63) is 59.9 Å². The first-order valence-corrected chi connectivity index (χ1v) is 10.7. The molecule has 0 saturated heterocycles. The zero-order chi connectivity index (χ0) is 20.9. The molecule has 4 rings (SSSR count). The maximum Gasteiger partial charge on any atom is 0.225 e. The van der Waals surface area contributed by atoms with Crippen LogP contribution in [-0.2, 0) is 6.54 Å². The Bertz CT molecular complexity index is 965. The molecule has 6 heteroatoms. The number of hydrogen-bond acceptors (Lipinski definition) is 5. The van der Waals surface area contributed by atoms with E-state index in [0.717, 1.165) is 54.2 Å². The van der Waals surface area contributed by atoms with Crippen molar-refractivity contribution in [1.29, 1.82) is 0 Å². The highest BCUT2D eigenvalue weighted by atomic mass is 19.1. The van der Waals surface area contributed by atoms with Crippen molar-refractivity contribution in [3.8, 4) is 0 Å². The third kappa shape index (κ3) is 5.91. The van der Waals surface area contributed by atoms with Gasteiger partial charge in [0.2, 0.25) is 5.95 Å². The van der Waals surface area contributed by atoms with Gasteiger partial charge in [0.15, 0.2) is 0 Å². The van der Waals surface area contributed by atoms with Gasteiger partial charge in [-0.1, -0.05) is 31.7 Å². The maximum absolute atomic E-state index is 13.0. The number of aromatic nitrogens is 2. The molecule has 0 bridgehead atoms. The number of rotatable bonds is 7. The fourth-order valence-electron chi connectivity index (χ4n) is 4.18. The van der Waals surface area contributed by atoms with Gasteiger partial charge in [-0.3, -0.25) is 0 Å². The average Bonchev–Trinajstić information content (AvgIpc) is 2.76. The Morgan fingerprint density at radius 2 is 1.68 bits per heavy atom. The summed E-state index contributed by atoms with van der Waals surface area (Å²) in [6.45, 7) is 1.79. The second-order valence-electron chi connectivity index (χ2n) is 8.40. The molecule has 1 aliphatic rings. The van der Waals surface area contributed by atoms with Crippen molar-refractivity contribution in [2.24, 2.45) is 5.92 Å². The molecule has 0 spiro atoms. The van der Waals surface area contributed by atoms with Crippen molar-refractivity contribution >= 4 is 22.7 Å². The van der Waals surface area contributed by atoms with Crippen LogP contribution in [-0.4, -0.2) is 36.6 Å². The van der Waals surface area contributed by atoms with Crippen molar-refractivity contribution in [1.82, 2.24) is 15.3 Å². The number of benzene rings is 2. The summed E-state index contributed by atoms with van der Waals surface area (Å²) in [5.41, 5.74) is 2.09. The number of para-hydroxylation sites is 1. The zero-order valence-corrected chi connectivity index (χ0v) is 17.7. The van der Waals surface area contributed by atoms with Gasteiger partial charge in [0, 0.05) is 32.1 Å². The Labute approximate surface area is 185 Å². The lowest BCUT2D eigenvalue weighted by molar-refractivity contribution is 0.324. The van der Waals surface area contributed by atoms with Gasteiger partial charge in [-0.15, -0.1) is 0 Å². The summed E-state index contributed by atoms with van der Waals surface area (Å²) in [6, 6.07) is 15.3. The first kappa shape index (κ1) is 22.9. The van der Waals surface area contributed by atoms with E-state index in [9.17, 15) is 4.39 Å². The van der Waals surface area contributed by atoms with Crippen LogP contribution in [0.5, 0.6) is 0 Å². The molecule has 2 aromatic carbocycles. The van der Waals surface area contributed by atoms with E-state index in [2.05, 4.69) is 16.7 Å². The van der Waals surface area contributed by atoms with E-state index in [1.807, 2.05) is 49.3 Å².